The van der Waals surface area contributed by atoms with Crippen molar-refractivity contribution in [2.75, 3.05) is 5.88 Å². The smallest absolute Gasteiger partial charge is 0.142 e. The molecule has 2 aromatic rings. The number of ether oxygens (including phenoxy) is 1. The summed E-state index contributed by atoms with van der Waals surface area (Å²) in [5, 5.41) is -0.0118. The summed E-state index contributed by atoms with van der Waals surface area (Å²) >= 11 is 11.3. The average molecular weight is 327 g/mol. The van der Waals surface area contributed by atoms with E-state index in [1.807, 2.05) is 0 Å². The first-order valence-corrected chi connectivity index (χ1v) is 6.93. The van der Waals surface area contributed by atoms with E-state index in [1.54, 1.807) is 6.07 Å². The quantitative estimate of drug-likeness (QED) is 0.582. The molecule has 0 heterocycles. The van der Waals surface area contributed by atoms with Crippen LogP contribution in [0.5, 0.6) is 5.75 Å². The lowest BCUT2D eigenvalue weighted by Crippen LogP contribution is -1.99. The van der Waals surface area contributed by atoms with Crippen LogP contribution in [0.4, 0.5) is 8.78 Å². The second-order valence-electron chi connectivity index (χ2n) is 4.08. The van der Waals surface area contributed by atoms with E-state index >= 15 is 0 Å². The fourth-order valence-corrected chi connectivity index (χ4v) is 1.91. The normalized spacial score (nSPS) is 9.90. The maximum absolute atomic E-state index is 13.3. The predicted octanol–water partition coefficient (Wildman–Crippen LogP) is 4.79. The zero-order chi connectivity index (χ0) is 15.2. The molecule has 0 saturated heterocycles. The molecule has 0 aliphatic carbocycles. The Morgan fingerprint density at radius 1 is 1.14 bits per heavy atom. The summed E-state index contributed by atoms with van der Waals surface area (Å²) < 4.78 is 32.1. The highest BCUT2D eigenvalue weighted by atomic mass is 35.5. The van der Waals surface area contributed by atoms with E-state index in [0.717, 1.165) is 0 Å². The summed E-state index contributed by atoms with van der Waals surface area (Å²) in [6.45, 7) is 0.00953. The van der Waals surface area contributed by atoms with Gasteiger partial charge in [-0.05, 0) is 18.2 Å². The Labute approximate surface area is 131 Å². The molecule has 21 heavy (non-hydrogen) atoms. The van der Waals surface area contributed by atoms with Crippen LogP contribution in [0, 0.1) is 23.5 Å². The number of hydrogen-bond donors (Lipinski definition) is 0. The molecule has 0 N–H and O–H groups in total. The number of alkyl halides is 1. The van der Waals surface area contributed by atoms with Gasteiger partial charge in [0.2, 0.25) is 0 Å². The molecular weight excluding hydrogens is 317 g/mol. The molecule has 0 amide bonds. The fourth-order valence-electron chi connectivity index (χ4n) is 1.66. The van der Waals surface area contributed by atoms with Crippen molar-refractivity contribution in [3.8, 4) is 17.6 Å². The molecule has 0 unspecified atom stereocenters. The van der Waals surface area contributed by atoms with Gasteiger partial charge in [-0.1, -0.05) is 35.6 Å². The van der Waals surface area contributed by atoms with Crippen LogP contribution < -0.4 is 4.74 Å². The van der Waals surface area contributed by atoms with E-state index in [0.29, 0.717) is 11.1 Å². The van der Waals surface area contributed by atoms with Gasteiger partial charge in [0.05, 0.1) is 16.5 Å². The molecule has 1 nitrogen and oxygen atoms in total. The van der Waals surface area contributed by atoms with Crippen LogP contribution in [0.2, 0.25) is 5.02 Å². The molecule has 0 aromatic heterocycles. The lowest BCUT2D eigenvalue weighted by Gasteiger charge is -2.10. The van der Waals surface area contributed by atoms with E-state index in [2.05, 4.69) is 11.8 Å². The highest BCUT2D eigenvalue weighted by molar-refractivity contribution is 6.31. The second-order valence-corrected chi connectivity index (χ2v) is 4.72. The molecule has 2 rings (SSSR count). The van der Waals surface area contributed by atoms with Gasteiger partial charge in [-0.2, -0.15) is 0 Å². The van der Waals surface area contributed by atoms with Crippen LogP contribution in [0.25, 0.3) is 0 Å². The molecule has 2 aromatic carbocycles. The van der Waals surface area contributed by atoms with Crippen LogP contribution in [0.3, 0.4) is 0 Å². The van der Waals surface area contributed by atoms with E-state index in [4.69, 9.17) is 27.9 Å². The number of rotatable bonds is 3. The molecule has 0 aliphatic rings. The van der Waals surface area contributed by atoms with Gasteiger partial charge in [0.15, 0.2) is 0 Å². The SMILES string of the molecule is Fc1ccc(C#CCCl)c(OCc2cccc(F)c2Cl)c1. The Hall–Kier alpha value is -1.76. The maximum Gasteiger partial charge on any atom is 0.142 e. The molecule has 108 valence electrons. The average Bonchev–Trinajstić information content (AvgIpc) is 2.48. The standard InChI is InChI=1S/C16H10Cl2F2O/c17-8-2-4-11-6-7-13(19)9-15(11)21-10-12-3-1-5-14(20)16(12)18/h1,3,5-7,9H,8,10H2. The van der Waals surface area contributed by atoms with E-state index in [1.165, 1.54) is 30.3 Å². The first-order chi connectivity index (χ1) is 10.1. The Balaban J connectivity index is 2.23. The topological polar surface area (TPSA) is 9.23 Å². The summed E-state index contributed by atoms with van der Waals surface area (Å²) in [6.07, 6.45) is 0. The summed E-state index contributed by atoms with van der Waals surface area (Å²) in [4.78, 5) is 0. The van der Waals surface area contributed by atoms with Crippen molar-refractivity contribution in [3.63, 3.8) is 0 Å². The van der Waals surface area contributed by atoms with Crippen molar-refractivity contribution < 1.29 is 13.5 Å². The summed E-state index contributed by atoms with van der Waals surface area (Å²) in [5.74, 6) is 4.88. The third-order valence-corrected chi connectivity index (χ3v) is 3.21. The third kappa shape index (κ3) is 4.10. The van der Waals surface area contributed by atoms with Crippen LogP contribution in [0.1, 0.15) is 11.1 Å². The molecule has 0 radical (unpaired) electrons. The minimum Gasteiger partial charge on any atom is -0.487 e. The molecule has 0 atom stereocenters. The van der Waals surface area contributed by atoms with Crippen LogP contribution >= 0.6 is 23.2 Å². The van der Waals surface area contributed by atoms with Gasteiger partial charge in [-0.3, -0.25) is 0 Å². The Kier molecular flexibility index (Phi) is 5.44. The van der Waals surface area contributed by atoms with E-state index in [-0.39, 0.29) is 23.3 Å². The highest BCUT2D eigenvalue weighted by Gasteiger charge is 2.08. The zero-order valence-electron chi connectivity index (χ0n) is 10.8. The second kappa shape index (κ2) is 7.31. The first-order valence-electron chi connectivity index (χ1n) is 6.02. The molecule has 0 fully saturated rings. The number of halogens is 4. The van der Waals surface area contributed by atoms with Gasteiger partial charge in [-0.15, -0.1) is 11.6 Å². The third-order valence-electron chi connectivity index (χ3n) is 2.65. The molecule has 5 heteroatoms. The van der Waals surface area contributed by atoms with Gasteiger partial charge in [0, 0.05) is 11.6 Å². The summed E-state index contributed by atoms with van der Waals surface area (Å²) in [6, 6.07) is 8.41. The Bertz CT molecular complexity index is 705. The number of benzene rings is 2. The van der Waals surface area contributed by atoms with Crippen molar-refractivity contribution in [3.05, 3.63) is 64.2 Å². The monoisotopic (exact) mass is 326 g/mol. The van der Waals surface area contributed by atoms with Gasteiger partial charge < -0.3 is 4.74 Å². The Morgan fingerprint density at radius 3 is 2.71 bits per heavy atom. The molecular formula is C16H10Cl2F2O. The van der Waals surface area contributed by atoms with Crippen LogP contribution in [0.15, 0.2) is 36.4 Å². The molecule has 0 saturated carbocycles. The van der Waals surface area contributed by atoms with Crippen LogP contribution in [-0.4, -0.2) is 5.88 Å². The highest BCUT2D eigenvalue weighted by Crippen LogP contribution is 2.24. The van der Waals surface area contributed by atoms with Crippen molar-refractivity contribution in [1.82, 2.24) is 0 Å². The summed E-state index contributed by atoms with van der Waals surface area (Å²) in [7, 11) is 0. The van der Waals surface area contributed by atoms with Crippen molar-refractivity contribution >= 4 is 23.2 Å². The Morgan fingerprint density at radius 2 is 1.95 bits per heavy atom. The van der Waals surface area contributed by atoms with Gasteiger partial charge in [0.1, 0.15) is 24.0 Å². The van der Waals surface area contributed by atoms with Crippen molar-refractivity contribution in [1.29, 1.82) is 0 Å². The fraction of sp³-hybridized carbons (Fsp3) is 0.125. The van der Waals surface area contributed by atoms with Gasteiger partial charge >= 0.3 is 0 Å². The van der Waals surface area contributed by atoms with Gasteiger partial charge in [-0.25, -0.2) is 8.78 Å². The van der Waals surface area contributed by atoms with E-state index in [9.17, 15) is 8.78 Å². The maximum atomic E-state index is 13.3. The molecule has 0 aliphatic heterocycles. The predicted molar refractivity (Wildman–Crippen MR) is 79.7 cm³/mol. The lowest BCUT2D eigenvalue weighted by molar-refractivity contribution is 0.303. The van der Waals surface area contributed by atoms with Gasteiger partial charge in [0.25, 0.3) is 0 Å². The zero-order valence-corrected chi connectivity index (χ0v) is 12.3. The minimum absolute atomic E-state index is 0.00953. The largest absolute Gasteiger partial charge is 0.487 e. The van der Waals surface area contributed by atoms with Crippen molar-refractivity contribution in [2.24, 2.45) is 0 Å². The molecule has 0 spiro atoms. The van der Waals surface area contributed by atoms with E-state index < -0.39 is 11.6 Å². The van der Waals surface area contributed by atoms with Crippen molar-refractivity contribution in [2.45, 2.75) is 6.61 Å². The first kappa shape index (κ1) is 15.6. The van der Waals surface area contributed by atoms with Crippen LogP contribution in [-0.2, 0) is 6.61 Å². The minimum atomic E-state index is -0.529. The number of hydrogen-bond acceptors (Lipinski definition) is 1. The summed E-state index contributed by atoms with van der Waals surface area (Å²) in [5.41, 5.74) is 0.974. The lowest BCUT2D eigenvalue weighted by atomic mass is 10.2. The molecule has 0 bridgehead atoms.